The molecule has 2 aromatic rings. The van der Waals surface area contributed by atoms with Crippen LogP contribution in [-0.2, 0) is 16.2 Å². The second-order valence-electron chi connectivity index (χ2n) is 9.70. The summed E-state index contributed by atoms with van der Waals surface area (Å²) in [6, 6.07) is 6.24. The molecule has 0 spiro atoms. The molecule has 4 fully saturated rings. The van der Waals surface area contributed by atoms with E-state index in [9.17, 15) is 26.4 Å². The third kappa shape index (κ3) is 4.50. The molecular weight excluding hydrogens is 469 g/mol. The predicted molar refractivity (Wildman–Crippen MR) is 120 cm³/mol. The number of alkyl halides is 3. The van der Waals surface area contributed by atoms with Crippen molar-refractivity contribution in [1.82, 2.24) is 4.98 Å². The maximum Gasteiger partial charge on any atom is 0.417 e. The third-order valence-electron chi connectivity index (χ3n) is 7.24. The topological polar surface area (TPSA) is 105 Å². The molecule has 6 rings (SSSR count). The van der Waals surface area contributed by atoms with Crippen molar-refractivity contribution in [3.05, 3.63) is 47.7 Å². The van der Waals surface area contributed by atoms with E-state index >= 15 is 0 Å². The molecule has 34 heavy (non-hydrogen) atoms. The largest absolute Gasteiger partial charge is 0.417 e. The molecule has 7 nitrogen and oxygen atoms in total. The lowest BCUT2D eigenvalue weighted by Gasteiger charge is -2.39. The van der Waals surface area contributed by atoms with Crippen molar-refractivity contribution in [3.8, 4) is 0 Å². The number of halogens is 3. The lowest BCUT2D eigenvalue weighted by molar-refractivity contribution is -0.137. The highest BCUT2D eigenvalue weighted by Crippen LogP contribution is 2.48. The number of nitrogens with two attached hydrogens (primary N) is 1. The lowest BCUT2D eigenvalue weighted by atomic mass is 9.68. The number of sulfonamides is 1. The number of carbonyl (C=O) groups is 1. The number of primary sulfonamides is 1. The number of aromatic nitrogens is 1. The molecule has 2 aliphatic heterocycles. The van der Waals surface area contributed by atoms with Crippen molar-refractivity contribution in [2.24, 2.45) is 22.9 Å². The molecule has 2 saturated carbocycles. The summed E-state index contributed by atoms with van der Waals surface area (Å²) >= 11 is 0. The summed E-state index contributed by atoms with van der Waals surface area (Å²) in [5.74, 6) is 1.11. The Morgan fingerprint density at radius 1 is 1.06 bits per heavy atom. The normalized spacial score (nSPS) is 26.4. The molecule has 1 aromatic carbocycles. The Hall–Kier alpha value is -2.66. The van der Waals surface area contributed by atoms with Crippen LogP contribution in [0.15, 0.2) is 41.4 Å². The van der Waals surface area contributed by atoms with Gasteiger partial charge in [0, 0.05) is 24.5 Å². The number of anilines is 2. The van der Waals surface area contributed by atoms with Gasteiger partial charge in [0.15, 0.2) is 0 Å². The first kappa shape index (κ1) is 23.1. The molecule has 2 saturated heterocycles. The van der Waals surface area contributed by atoms with E-state index in [0.29, 0.717) is 24.3 Å². The van der Waals surface area contributed by atoms with Crippen LogP contribution < -0.4 is 15.4 Å². The molecule has 4 bridgehead atoms. The fourth-order valence-electron chi connectivity index (χ4n) is 6.00. The van der Waals surface area contributed by atoms with Crippen molar-refractivity contribution in [3.63, 3.8) is 0 Å². The van der Waals surface area contributed by atoms with Crippen molar-refractivity contribution in [1.29, 1.82) is 0 Å². The standard InChI is InChI=1S/C23H25F3N4O3S/c24-23(25,26)16-9-20(22(31)29-17-2-1-3-19(10-17)34(27,32)33)21(28-11-16)30-12-15-5-13-4-14(6-15)8-18(30)7-13/h1-3,9-11,13-15,18H,4-8,12H2,(H,29,31)(H2,27,32,33). The molecule has 1 aromatic heterocycles. The van der Waals surface area contributed by atoms with Crippen LogP contribution in [0.4, 0.5) is 24.7 Å². The number of carbonyl (C=O) groups excluding carboxylic acids is 1. The minimum absolute atomic E-state index is 0.107. The Morgan fingerprint density at radius 2 is 1.74 bits per heavy atom. The van der Waals surface area contributed by atoms with E-state index in [1.807, 2.05) is 4.90 Å². The van der Waals surface area contributed by atoms with Gasteiger partial charge in [-0.05, 0) is 74.1 Å². The van der Waals surface area contributed by atoms with Gasteiger partial charge < -0.3 is 10.2 Å². The number of nitrogens with zero attached hydrogens (tertiary/aromatic N) is 2. The van der Waals surface area contributed by atoms with Gasteiger partial charge in [-0.3, -0.25) is 4.79 Å². The average molecular weight is 495 g/mol. The third-order valence-corrected chi connectivity index (χ3v) is 8.15. The maximum absolute atomic E-state index is 13.5. The van der Waals surface area contributed by atoms with E-state index in [1.54, 1.807) is 0 Å². The summed E-state index contributed by atoms with van der Waals surface area (Å²) in [5.41, 5.74) is -1.09. The zero-order chi connectivity index (χ0) is 24.3. The van der Waals surface area contributed by atoms with Gasteiger partial charge in [0.1, 0.15) is 5.82 Å². The predicted octanol–water partition coefficient (Wildman–Crippen LogP) is 4.02. The van der Waals surface area contributed by atoms with E-state index in [0.717, 1.165) is 37.9 Å². The minimum Gasteiger partial charge on any atom is -0.353 e. The Morgan fingerprint density at radius 3 is 2.38 bits per heavy atom. The Bertz CT molecular complexity index is 1220. The average Bonchev–Trinajstić information content (AvgIpc) is 2.95. The lowest BCUT2D eigenvalue weighted by Crippen LogP contribution is -2.39. The van der Waals surface area contributed by atoms with Gasteiger partial charge in [-0.15, -0.1) is 0 Å². The number of nitrogens with one attached hydrogen (secondary N) is 1. The number of hydrogen-bond acceptors (Lipinski definition) is 5. The number of amides is 1. The Kier molecular flexibility index (Phi) is 5.59. The summed E-state index contributed by atoms with van der Waals surface area (Å²) in [4.78, 5) is 19.2. The van der Waals surface area contributed by atoms with Crippen LogP contribution in [0, 0.1) is 17.8 Å². The molecule has 3 N–H and O–H groups in total. The van der Waals surface area contributed by atoms with E-state index in [4.69, 9.17) is 5.14 Å². The second-order valence-corrected chi connectivity index (χ2v) is 11.3. The summed E-state index contributed by atoms with van der Waals surface area (Å²) in [5, 5.41) is 7.68. The van der Waals surface area contributed by atoms with Crippen molar-refractivity contribution < 1.29 is 26.4 Å². The van der Waals surface area contributed by atoms with E-state index < -0.39 is 27.7 Å². The van der Waals surface area contributed by atoms with Crippen molar-refractivity contribution >= 4 is 27.4 Å². The van der Waals surface area contributed by atoms with Gasteiger partial charge in [0.25, 0.3) is 5.91 Å². The van der Waals surface area contributed by atoms with E-state index in [-0.39, 0.29) is 28.0 Å². The van der Waals surface area contributed by atoms with Crippen LogP contribution in [0.1, 0.15) is 48.0 Å². The number of fused-ring (bicyclic) bond motifs is 1. The summed E-state index contributed by atoms with van der Waals surface area (Å²) in [6.07, 6.45) is 1.43. The number of pyridine rings is 1. The van der Waals surface area contributed by atoms with Gasteiger partial charge >= 0.3 is 6.18 Å². The first-order valence-corrected chi connectivity index (χ1v) is 12.8. The SMILES string of the molecule is NS(=O)(=O)c1cccc(NC(=O)c2cc(C(F)(F)F)cnc2N2CC3CC4CC(C3)CC2C4)c1. The molecule has 3 heterocycles. The van der Waals surface area contributed by atoms with Crippen molar-refractivity contribution in [2.75, 3.05) is 16.8 Å². The molecule has 182 valence electrons. The van der Waals surface area contributed by atoms with Gasteiger partial charge in [-0.2, -0.15) is 13.2 Å². The number of rotatable bonds is 4. The van der Waals surface area contributed by atoms with Crippen LogP contribution in [-0.4, -0.2) is 31.9 Å². The Balaban J connectivity index is 1.52. The molecule has 2 aliphatic carbocycles. The van der Waals surface area contributed by atoms with Gasteiger partial charge in [0.05, 0.1) is 16.0 Å². The van der Waals surface area contributed by atoms with Crippen LogP contribution in [0.5, 0.6) is 0 Å². The number of benzene rings is 1. The molecule has 11 heteroatoms. The fourth-order valence-corrected chi connectivity index (χ4v) is 6.56. The zero-order valence-electron chi connectivity index (χ0n) is 18.3. The van der Waals surface area contributed by atoms with E-state index in [2.05, 4.69) is 10.3 Å². The molecule has 4 aliphatic rings. The van der Waals surface area contributed by atoms with Crippen LogP contribution in [0.2, 0.25) is 0 Å². The highest BCUT2D eigenvalue weighted by molar-refractivity contribution is 7.89. The van der Waals surface area contributed by atoms with E-state index in [1.165, 1.54) is 30.7 Å². The van der Waals surface area contributed by atoms with Gasteiger partial charge in [-0.1, -0.05) is 6.07 Å². The van der Waals surface area contributed by atoms with Gasteiger partial charge in [-0.25, -0.2) is 18.5 Å². The monoisotopic (exact) mass is 494 g/mol. The number of hydrogen-bond donors (Lipinski definition) is 2. The summed E-state index contributed by atoms with van der Waals surface area (Å²) in [7, 11) is -4.01. The van der Waals surface area contributed by atoms with Gasteiger partial charge in [0.2, 0.25) is 10.0 Å². The second kappa shape index (κ2) is 8.23. The minimum atomic E-state index is -4.66. The van der Waals surface area contributed by atoms with Crippen LogP contribution in [0.3, 0.4) is 0 Å². The first-order valence-electron chi connectivity index (χ1n) is 11.3. The summed E-state index contributed by atoms with van der Waals surface area (Å²) in [6.45, 7) is 0.664. The van der Waals surface area contributed by atoms with Crippen LogP contribution >= 0.6 is 0 Å². The highest BCUT2D eigenvalue weighted by Gasteiger charge is 2.44. The highest BCUT2D eigenvalue weighted by atomic mass is 32.2. The van der Waals surface area contributed by atoms with Crippen LogP contribution in [0.25, 0.3) is 0 Å². The Labute approximate surface area is 195 Å². The van der Waals surface area contributed by atoms with Crippen molar-refractivity contribution in [2.45, 2.75) is 49.2 Å². The molecule has 0 radical (unpaired) electrons. The molecule has 2 unspecified atom stereocenters. The first-order chi connectivity index (χ1) is 16.0. The maximum atomic E-state index is 13.5. The molecule has 2 atom stereocenters. The quantitative estimate of drug-likeness (QED) is 0.668. The molecular formula is C23H25F3N4O3S. The summed E-state index contributed by atoms with van der Waals surface area (Å²) < 4.78 is 63.8. The fraction of sp³-hybridized carbons (Fsp3) is 0.478. The molecule has 1 amide bonds. The smallest absolute Gasteiger partial charge is 0.353 e. The zero-order valence-corrected chi connectivity index (χ0v) is 19.1.